The van der Waals surface area contributed by atoms with Gasteiger partial charge in [-0.15, -0.1) is 13.2 Å². The van der Waals surface area contributed by atoms with Crippen LogP contribution in [0.1, 0.15) is 10.4 Å². The number of nitrogens with two attached hydrogens (primary N) is 1. The smallest absolute Gasteiger partial charge is 0.406 e. The van der Waals surface area contributed by atoms with E-state index in [9.17, 15) is 18.0 Å². The predicted octanol–water partition coefficient (Wildman–Crippen LogP) is 1.27. The zero-order chi connectivity index (χ0) is 12.9. The molecular formula is C10H11F3N2O2. The Balaban J connectivity index is 2.75. The third kappa shape index (κ3) is 4.73. The average molecular weight is 248 g/mol. The summed E-state index contributed by atoms with van der Waals surface area (Å²) in [5, 5.41) is 2.44. The maximum atomic E-state index is 11.9. The quantitative estimate of drug-likeness (QED) is 0.843. The number of hydrogen-bond donors (Lipinski definition) is 2. The molecule has 0 spiro atoms. The summed E-state index contributed by atoms with van der Waals surface area (Å²) < 4.78 is 39.5. The highest BCUT2D eigenvalue weighted by atomic mass is 19.4. The minimum Gasteiger partial charge on any atom is -0.406 e. The number of carbonyl (C=O) groups excluding carboxylic acids is 1. The van der Waals surface area contributed by atoms with Crippen molar-refractivity contribution in [2.75, 3.05) is 13.1 Å². The molecule has 0 saturated carbocycles. The van der Waals surface area contributed by atoms with Crippen molar-refractivity contribution >= 4 is 5.91 Å². The maximum Gasteiger partial charge on any atom is 0.573 e. The fraction of sp³-hybridized carbons (Fsp3) is 0.300. The summed E-state index contributed by atoms with van der Waals surface area (Å²) in [4.78, 5) is 11.4. The highest BCUT2D eigenvalue weighted by molar-refractivity contribution is 5.94. The number of halogens is 3. The molecule has 1 aromatic rings. The van der Waals surface area contributed by atoms with Crippen molar-refractivity contribution in [3.63, 3.8) is 0 Å². The van der Waals surface area contributed by atoms with E-state index >= 15 is 0 Å². The largest absolute Gasteiger partial charge is 0.573 e. The maximum absolute atomic E-state index is 11.9. The van der Waals surface area contributed by atoms with Gasteiger partial charge in [0.25, 0.3) is 5.91 Å². The standard InChI is InChI=1S/C10H11F3N2O2/c11-10(12,13)17-8-3-1-2-7(6-8)9(16)15-5-4-14/h1-3,6H,4-5,14H2,(H,15,16). The Bertz CT molecular complexity index is 393. The molecule has 0 unspecified atom stereocenters. The fourth-order valence-corrected chi connectivity index (χ4v) is 1.12. The molecule has 94 valence electrons. The molecule has 1 aromatic carbocycles. The van der Waals surface area contributed by atoms with E-state index in [0.29, 0.717) is 0 Å². The molecule has 0 heterocycles. The highest BCUT2D eigenvalue weighted by Gasteiger charge is 2.31. The van der Waals surface area contributed by atoms with Gasteiger partial charge in [0, 0.05) is 18.7 Å². The molecular weight excluding hydrogens is 237 g/mol. The number of rotatable bonds is 4. The Kier molecular flexibility index (Phi) is 4.33. The van der Waals surface area contributed by atoms with Crippen molar-refractivity contribution in [3.05, 3.63) is 29.8 Å². The van der Waals surface area contributed by atoms with Crippen LogP contribution in [0.25, 0.3) is 0 Å². The van der Waals surface area contributed by atoms with Crippen molar-refractivity contribution < 1.29 is 22.7 Å². The number of carbonyl (C=O) groups is 1. The van der Waals surface area contributed by atoms with Gasteiger partial charge in [0.1, 0.15) is 5.75 Å². The van der Waals surface area contributed by atoms with E-state index < -0.39 is 18.0 Å². The predicted molar refractivity (Wildman–Crippen MR) is 54.5 cm³/mol. The van der Waals surface area contributed by atoms with Gasteiger partial charge in [-0.1, -0.05) is 6.07 Å². The summed E-state index contributed by atoms with van der Waals surface area (Å²) >= 11 is 0. The molecule has 0 fully saturated rings. The summed E-state index contributed by atoms with van der Waals surface area (Å²) in [7, 11) is 0. The van der Waals surface area contributed by atoms with Gasteiger partial charge in [-0.25, -0.2) is 0 Å². The number of benzene rings is 1. The second-order valence-electron chi connectivity index (χ2n) is 3.12. The molecule has 0 atom stereocenters. The lowest BCUT2D eigenvalue weighted by atomic mass is 10.2. The number of amides is 1. The first-order valence-corrected chi connectivity index (χ1v) is 4.76. The van der Waals surface area contributed by atoms with Crippen LogP contribution in [0.5, 0.6) is 5.75 Å². The summed E-state index contributed by atoms with van der Waals surface area (Å²) in [5.41, 5.74) is 5.26. The first kappa shape index (κ1) is 13.3. The molecule has 0 saturated heterocycles. The highest BCUT2D eigenvalue weighted by Crippen LogP contribution is 2.23. The lowest BCUT2D eigenvalue weighted by Gasteiger charge is -2.10. The van der Waals surface area contributed by atoms with Crippen LogP contribution >= 0.6 is 0 Å². The van der Waals surface area contributed by atoms with Gasteiger partial charge in [-0.2, -0.15) is 0 Å². The summed E-state index contributed by atoms with van der Waals surface area (Å²) in [6.45, 7) is 0.508. The fourth-order valence-electron chi connectivity index (χ4n) is 1.12. The van der Waals surface area contributed by atoms with Gasteiger partial charge in [0.05, 0.1) is 0 Å². The molecule has 0 bridgehead atoms. The lowest BCUT2D eigenvalue weighted by Crippen LogP contribution is -2.29. The van der Waals surface area contributed by atoms with Gasteiger partial charge in [-0.3, -0.25) is 4.79 Å². The molecule has 0 radical (unpaired) electrons. The van der Waals surface area contributed by atoms with Crippen molar-refractivity contribution in [3.8, 4) is 5.75 Å². The third-order valence-corrected chi connectivity index (χ3v) is 1.76. The molecule has 0 aliphatic carbocycles. The first-order valence-electron chi connectivity index (χ1n) is 4.76. The van der Waals surface area contributed by atoms with Gasteiger partial charge < -0.3 is 15.8 Å². The monoisotopic (exact) mass is 248 g/mol. The molecule has 4 nitrogen and oxygen atoms in total. The molecule has 1 rings (SSSR count). The van der Waals surface area contributed by atoms with E-state index in [0.717, 1.165) is 12.1 Å². The molecule has 1 amide bonds. The zero-order valence-electron chi connectivity index (χ0n) is 8.75. The molecule has 17 heavy (non-hydrogen) atoms. The van der Waals surface area contributed by atoms with Gasteiger partial charge in [0.15, 0.2) is 0 Å². The van der Waals surface area contributed by atoms with Gasteiger partial charge in [-0.05, 0) is 18.2 Å². The molecule has 3 N–H and O–H groups in total. The topological polar surface area (TPSA) is 64.3 Å². The second kappa shape index (κ2) is 5.53. The summed E-state index contributed by atoms with van der Waals surface area (Å²) in [6.07, 6.45) is -4.77. The van der Waals surface area contributed by atoms with Crippen molar-refractivity contribution in [2.45, 2.75) is 6.36 Å². The molecule has 7 heteroatoms. The van der Waals surface area contributed by atoms with E-state index in [1.807, 2.05) is 0 Å². The minimum atomic E-state index is -4.77. The van der Waals surface area contributed by atoms with Gasteiger partial charge in [0.2, 0.25) is 0 Å². The second-order valence-corrected chi connectivity index (χ2v) is 3.12. The Hall–Kier alpha value is -1.76. The van der Waals surface area contributed by atoms with E-state index in [2.05, 4.69) is 10.1 Å². The van der Waals surface area contributed by atoms with E-state index in [4.69, 9.17) is 5.73 Å². The lowest BCUT2D eigenvalue weighted by molar-refractivity contribution is -0.274. The molecule has 0 aliphatic rings. The van der Waals surface area contributed by atoms with Crippen LogP contribution in [0.3, 0.4) is 0 Å². The minimum absolute atomic E-state index is 0.0835. The van der Waals surface area contributed by atoms with Crippen LogP contribution in [-0.4, -0.2) is 25.4 Å². The Morgan fingerprint density at radius 1 is 1.41 bits per heavy atom. The van der Waals surface area contributed by atoms with Crippen molar-refractivity contribution in [2.24, 2.45) is 5.73 Å². The Morgan fingerprint density at radius 3 is 2.71 bits per heavy atom. The van der Waals surface area contributed by atoms with Crippen LogP contribution in [0.15, 0.2) is 24.3 Å². The van der Waals surface area contributed by atoms with Crippen LogP contribution < -0.4 is 15.8 Å². The van der Waals surface area contributed by atoms with E-state index in [1.165, 1.54) is 12.1 Å². The third-order valence-electron chi connectivity index (χ3n) is 1.76. The summed E-state index contributed by atoms with van der Waals surface area (Å²) in [6, 6.07) is 4.82. The SMILES string of the molecule is NCCNC(=O)c1cccc(OC(F)(F)F)c1. The van der Waals surface area contributed by atoms with Crippen LogP contribution in [-0.2, 0) is 0 Å². The first-order chi connectivity index (χ1) is 7.92. The molecule has 0 aliphatic heterocycles. The zero-order valence-corrected chi connectivity index (χ0v) is 8.75. The van der Waals surface area contributed by atoms with Gasteiger partial charge >= 0.3 is 6.36 Å². The number of hydrogen-bond acceptors (Lipinski definition) is 3. The van der Waals surface area contributed by atoms with Crippen LogP contribution in [0.2, 0.25) is 0 Å². The van der Waals surface area contributed by atoms with Crippen LogP contribution in [0, 0.1) is 0 Å². The number of ether oxygens (including phenoxy) is 1. The van der Waals surface area contributed by atoms with E-state index in [1.54, 1.807) is 0 Å². The number of nitrogens with one attached hydrogen (secondary N) is 1. The van der Waals surface area contributed by atoms with E-state index in [-0.39, 0.29) is 18.7 Å². The Morgan fingerprint density at radius 2 is 2.12 bits per heavy atom. The summed E-state index contributed by atoms with van der Waals surface area (Å²) in [5.74, 6) is -0.930. The van der Waals surface area contributed by atoms with Crippen molar-refractivity contribution in [1.82, 2.24) is 5.32 Å². The van der Waals surface area contributed by atoms with Crippen molar-refractivity contribution in [1.29, 1.82) is 0 Å². The molecule has 0 aromatic heterocycles. The normalized spacial score (nSPS) is 11.1. The number of alkyl halides is 3. The Labute approximate surface area is 95.6 Å². The van der Waals surface area contributed by atoms with Crippen LogP contribution in [0.4, 0.5) is 13.2 Å². The average Bonchev–Trinajstić information content (AvgIpc) is 2.24.